The summed E-state index contributed by atoms with van der Waals surface area (Å²) in [5.41, 5.74) is 3.29. The molecule has 2 aromatic carbocycles. The summed E-state index contributed by atoms with van der Waals surface area (Å²) in [7, 11) is 3.43. The Morgan fingerprint density at radius 2 is 1.96 bits per heavy atom. The van der Waals surface area contributed by atoms with Crippen molar-refractivity contribution in [3.05, 3.63) is 59.7 Å². The van der Waals surface area contributed by atoms with Gasteiger partial charge in [0.25, 0.3) is 0 Å². The Kier molecular flexibility index (Phi) is 6.71. The predicted octanol–water partition coefficient (Wildman–Crippen LogP) is 3.79. The van der Waals surface area contributed by atoms with E-state index in [-0.39, 0.29) is 11.7 Å². The van der Waals surface area contributed by atoms with Gasteiger partial charge in [-0.05, 0) is 29.7 Å². The molecule has 0 unspecified atom stereocenters. The molecule has 7 heteroatoms. The SMILES string of the molecule is CCc1ccc(-c2nc(SCC(=O)N(C)Cc3cccc(OC)c3)n[nH]2)cc1. The Morgan fingerprint density at radius 3 is 2.68 bits per heavy atom. The number of methoxy groups -OCH3 is 1. The van der Waals surface area contributed by atoms with E-state index in [2.05, 4.69) is 34.2 Å². The van der Waals surface area contributed by atoms with Gasteiger partial charge in [0.15, 0.2) is 5.82 Å². The van der Waals surface area contributed by atoms with Gasteiger partial charge in [-0.25, -0.2) is 4.98 Å². The smallest absolute Gasteiger partial charge is 0.233 e. The highest BCUT2D eigenvalue weighted by molar-refractivity contribution is 7.99. The molecule has 1 amide bonds. The van der Waals surface area contributed by atoms with Gasteiger partial charge in [0.1, 0.15) is 5.75 Å². The second kappa shape index (κ2) is 9.41. The average Bonchev–Trinajstić information content (AvgIpc) is 3.21. The van der Waals surface area contributed by atoms with Crippen molar-refractivity contribution in [3.63, 3.8) is 0 Å². The third-order valence-corrected chi connectivity index (χ3v) is 5.24. The van der Waals surface area contributed by atoms with Gasteiger partial charge in [0, 0.05) is 19.2 Å². The van der Waals surface area contributed by atoms with Gasteiger partial charge in [0.05, 0.1) is 12.9 Å². The highest BCUT2D eigenvalue weighted by Gasteiger charge is 2.13. The van der Waals surface area contributed by atoms with E-state index in [1.807, 2.05) is 36.4 Å². The number of aromatic nitrogens is 3. The molecule has 1 aromatic heterocycles. The number of carbonyl (C=O) groups excluding carboxylic acids is 1. The van der Waals surface area contributed by atoms with E-state index in [0.717, 1.165) is 23.3 Å². The van der Waals surface area contributed by atoms with Crippen molar-refractivity contribution in [1.29, 1.82) is 0 Å². The number of aryl methyl sites for hydroxylation is 1. The zero-order valence-electron chi connectivity index (χ0n) is 16.3. The lowest BCUT2D eigenvalue weighted by atomic mass is 10.1. The minimum atomic E-state index is 0.0199. The topological polar surface area (TPSA) is 71.1 Å². The molecule has 3 aromatic rings. The molecule has 0 radical (unpaired) electrons. The number of benzene rings is 2. The third kappa shape index (κ3) is 5.13. The molecule has 3 rings (SSSR count). The molecule has 0 saturated heterocycles. The summed E-state index contributed by atoms with van der Waals surface area (Å²) >= 11 is 1.33. The minimum absolute atomic E-state index is 0.0199. The molecular weight excluding hydrogens is 372 g/mol. The Bertz CT molecular complexity index is 924. The molecule has 0 atom stereocenters. The summed E-state index contributed by atoms with van der Waals surface area (Å²) in [4.78, 5) is 18.6. The largest absolute Gasteiger partial charge is 0.497 e. The number of thioether (sulfide) groups is 1. The van der Waals surface area contributed by atoms with Crippen molar-refractivity contribution in [2.24, 2.45) is 0 Å². The van der Waals surface area contributed by atoms with Crippen LogP contribution in [0.1, 0.15) is 18.1 Å². The monoisotopic (exact) mass is 396 g/mol. The molecule has 1 N–H and O–H groups in total. The number of ether oxygens (including phenoxy) is 1. The highest BCUT2D eigenvalue weighted by atomic mass is 32.2. The van der Waals surface area contributed by atoms with Gasteiger partial charge in [-0.1, -0.05) is 55.1 Å². The molecule has 0 spiro atoms. The van der Waals surface area contributed by atoms with Gasteiger partial charge in [-0.3, -0.25) is 9.89 Å². The molecule has 0 aliphatic heterocycles. The highest BCUT2D eigenvalue weighted by Crippen LogP contribution is 2.20. The van der Waals surface area contributed by atoms with Crippen molar-refractivity contribution in [2.45, 2.75) is 25.0 Å². The zero-order chi connectivity index (χ0) is 19.9. The van der Waals surface area contributed by atoms with E-state index < -0.39 is 0 Å². The van der Waals surface area contributed by atoms with Gasteiger partial charge < -0.3 is 9.64 Å². The summed E-state index contributed by atoms with van der Waals surface area (Å²) in [6.07, 6.45) is 1.00. The Balaban J connectivity index is 1.54. The van der Waals surface area contributed by atoms with E-state index in [0.29, 0.717) is 17.5 Å². The maximum absolute atomic E-state index is 12.4. The van der Waals surface area contributed by atoms with E-state index in [1.54, 1.807) is 19.1 Å². The van der Waals surface area contributed by atoms with Crippen LogP contribution in [0, 0.1) is 0 Å². The first kappa shape index (κ1) is 19.9. The molecule has 0 saturated carbocycles. The zero-order valence-corrected chi connectivity index (χ0v) is 17.1. The Labute approximate surface area is 169 Å². The number of amides is 1. The number of hydrogen-bond acceptors (Lipinski definition) is 5. The van der Waals surface area contributed by atoms with Crippen LogP contribution in [0.5, 0.6) is 5.75 Å². The molecule has 0 fully saturated rings. The lowest BCUT2D eigenvalue weighted by Crippen LogP contribution is -2.27. The first-order chi connectivity index (χ1) is 13.6. The van der Waals surface area contributed by atoms with E-state index in [1.165, 1.54) is 17.3 Å². The minimum Gasteiger partial charge on any atom is -0.497 e. The number of hydrogen-bond donors (Lipinski definition) is 1. The lowest BCUT2D eigenvalue weighted by molar-refractivity contribution is -0.127. The standard InChI is InChI=1S/C21H24N4O2S/c1-4-15-8-10-17(11-9-15)20-22-21(24-23-20)28-14-19(26)25(2)13-16-6-5-7-18(12-16)27-3/h5-12H,4,13-14H2,1-3H3,(H,22,23,24). The van der Waals surface area contributed by atoms with Crippen LogP contribution in [0.15, 0.2) is 53.7 Å². The molecule has 6 nitrogen and oxygen atoms in total. The number of aromatic amines is 1. The van der Waals surface area contributed by atoms with Crippen molar-refractivity contribution >= 4 is 17.7 Å². The summed E-state index contributed by atoms with van der Waals surface area (Å²) in [5, 5.41) is 7.72. The molecule has 0 aliphatic rings. The summed E-state index contributed by atoms with van der Waals surface area (Å²) in [6, 6.07) is 15.9. The maximum atomic E-state index is 12.4. The van der Waals surface area contributed by atoms with Crippen molar-refractivity contribution in [1.82, 2.24) is 20.1 Å². The van der Waals surface area contributed by atoms with Gasteiger partial charge in [0.2, 0.25) is 11.1 Å². The molecule has 28 heavy (non-hydrogen) atoms. The van der Waals surface area contributed by atoms with Gasteiger partial charge in [-0.2, -0.15) is 0 Å². The number of nitrogens with one attached hydrogen (secondary N) is 1. The Morgan fingerprint density at radius 1 is 1.18 bits per heavy atom. The summed E-state index contributed by atoms with van der Waals surface area (Å²) in [6.45, 7) is 2.65. The summed E-state index contributed by atoms with van der Waals surface area (Å²) in [5.74, 6) is 1.80. The fraction of sp³-hybridized carbons (Fsp3) is 0.286. The first-order valence-electron chi connectivity index (χ1n) is 9.10. The normalized spacial score (nSPS) is 10.7. The van der Waals surface area contributed by atoms with Gasteiger partial charge >= 0.3 is 0 Å². The van der Waals surface area contributed by atoms with Crippen LogP contribution in [0.3, 0.4) is 0 Å². The third-order valence-electron chi connectivity index (χ3n) is 4.40. The second-order valence-corrected chi connectivity index (χ2v) is 7.35. The van der Waals surface area contributed by atoms with Crippen LogP contribution in [-0.4, -0.2) is 45.9 Å². The van der Waals surface area contributed by atoms with Crippen molar-refractivity contribution in [3.8, 4) is 17.1 Å². The molecule has 0 bridgehead atoms. The number of rotatable bonds is 8. The second-order valence-electron chi connectivity index (χ2n) is 6.41. The molecule has 0 aliphatic carbocycles. The van der Waals surface area contributed by atoms with Crippen LogP contribution < -0.4 is 4.74 Å². The maximum Gasteiger partial charge on any atom is 0.233 e. The van der Waals surface area contributed by atoms with Crippen LogP contribution in [0.4, 0.5) is 0 Å². The van der Waals surface area contributed by atoms with E-state index in [9.17, 15) is 4.79 Å². The van der Waals surface area contributed by atoms with Crippen molar-refractivity contribution in [2.75, 3.05) is 19.9 Å². The molecule has 146 valence electrons. The van der Waals surface area contributed by atoms with Crippen LogP contribution >= 0.6 is 11.8 Å². The number of H-pyrrole nitrogens is 1. The van der Waals surface area contributed by atoms with Crippen LogP contribution in [0.25, 0.3) is 11.4 Å². The quantitative estimate of drug-likeness (QED) is 0.587. The molecule has 1 heterocycles. The van der Waals surface area contributed by atoms with Crippen molar-refractivity contribution < 1.29 is 9.53 Å². The fourth-order valence-corrected chi connectivity index (χ4v) is 3.45. The van der Waals surface area contributed by atoms with E-state index in [4.69, 9.17) is 4.74 Å². The molecular formula is C21H24N4O2S. The Hall–Kier alpha value is -2.80. The predicted molar refractivity (Wildman–Crippen MR) is 111 cm³/mol. The number of carbonyl (C=O) groups is 1. The fourth-order valence-electron chi connectivity index (χ4n) is 2.71. The summed E-state index contributed by atoms with van der Waals surface area (Å²) < 4.78 is 5.23. The van der Waals surface area contributed by atoms with Crippen LogP contribution in [0.2, 0.25) is 0 Å². The van der Waals surface area contributed by atoms with Crippen LogP contribution in [-0.2, 0) is 17.8 Å². The van der Waals surface area contributed by atoms with E-state index >= 15 is 0 Å². The number of nitrogens with zero attached hydrogens (tertiary/aromatic N) is 3. The van der Waals surface area contributed by atoms with Gasteiger partial charge in [-0.15, -0.1) is 5.10 Å². The average molecular weight is 397 g/mol. The lowest BCUT2D eigenvalue weighted by Gasteiger charge is -2.17. The first-order valence-corrected chi connectivity index (χ1v) is 10.1.